The molecule has 0 aromatic heterocycles. The first kappa shape index (κ1) is 19.9. The lowest BCUT2D eigenvalue weighted by molar-refractivity contribution is -0.122. The monoisotopic (exact) mass is 397 g/mol. The van der Waals surface area contributed by atoms with E-state index in [-0.39, 0.29) is 18.2 Å². The van der Waals surface area contributed by atoms with Gasteiger partial charge in [-0.3, -0.25) is 14.6 Å². The molecular formula is C21H23N3O3S. The number of ether oxygens (including phenoxy) is 1. The van der Waals surface area contributed by atoms with Crippen LogP contribution >= 0.6 is 11.8 Å². The molecule has 2 N–H and O–H groups in total. The molecule has 0 radical (unpaired) electrons. The van der Waals surface area contributed by atoms with Crippen molar-refractivity contribution in [1.29, 1.82) is 0 Å². The van der Waals surface area contributed by atoms with Gasteiger partial charge in [-0.1, -0.05) is 49.0 Å². The maximum absolute atomic E-state index is 12.3. The molecule has 1 fully saturated rings. The average Bonchev–Trinajstić information content (AvgIpc) is 3.06. The van der Waals surface area contributed by atoms with Crippen LogP contribution in [-0.2, 0) is 16.1 Å². The van der Waals surface area contributed by atoms with Gasteiger partial charge in [0, 0.05) is 12.1 Å². The number of hydrogen-bond acceptors (Lipinski definition) is 5. The predicted octanol–water partition coefficient (Wildman–Crippen LogP) is 3.59. The molecule has 7 heteroatoms. The van der Waals surface area contributed by atoms with Crippen molar-refractivity contribution >= 4 is 34.4 Å². The van der Waals surface area contributed by atoms with Gasteiger partial charge in [-0.15, -0.1) is 0 Å². The number of thioether (sulfide) groups is 1. The van der Waals surface area contributed by atoms with Crippen LogP contribution in [0.4, 0.5) is 5.69 Å². The Hall–Kier alpha value is -2.80. The quantitative estimate of drug-likeness (QED) is 0.713. The number of aliphatic imine (C=N–C) groups is 1. The minimum absolute atomic E-state index is 0.0922. The van der Waals surface area contributed by atoms with E-state index in [2.05, 4.69) is 15.6 Å². The molecule has 1 unspecified atom stereocenters. The Morgan fingerprint density at radius 3 is 2.64 bits per heavy atom. The second kappa shape index (κ2) is 9.94. The van der Waals surface area contributed by atoms with Crippen LogP contribution < -0.4 is 15.4 Å². The number of nitrogens with zero attached hydrogens (tertiary/aromatic N) is 1. The summed E-state index contributed by atoms with van der Waals surface area (Å²) in [6.45, 7) is 3.20. The Morgan fingerprint density at radius 2 is 1.93 bits per heavy atom. The Balaban J connectivity index is 1.49. The van der Waals surface area contributed by atoms with E-state index in [0.29, 0.717) is 24.0 Å². The first-order valence-corrected chi connectivity index (χ1v) is 10.1. The summed E-state index contributed by atoms with van der Waals surface area (Å²) in [5.41, 5.74) is 1.74. The molecule has 0 aliphatic carbocycles. The number of amides is 2. The van der Waals surface area contributed by atoms with Crippen LogP contribution in [0.25, 0.3) is 0 Å². The number of rotatable bonds is 8. The molecule has 3 rings (SSSR count). The number of nitrogens with one attached hydrogen (secondary N) is 2. The molecule has 1 aliphatic rings. The minimum Gasteiger partial charge on any atom is -0.494 e. The summed E-state index contributed by atoms with van der Waals surface area (Å²) in [6, 6.07) is 17.0. The van der Waals surface area contributed by atoms with Gasteiger partial charge in [-0.05, 0) is 36.2 Å². The van der Waals surface area contributed by atoms with Crippen molar-refractivity contribution in [2.24, 2.45) is 4.99 Å². The second-order valence-corrected chi connectivity index (χ2v) is 7.52. The van der Waals surface area contributed by atoms with Gasteiger partial charge in [0.05, 0.1) is 13.2 Å². The molecule has 1 heterocycles. The number of carbonyl (C=O) groups excluding carboxylic acids is 2. The first-order valence-electron chi connectivity index (χ1n) is 9.22. The lowest BCUT2D eigenvalue weighted by atomic mass is 10.2. The Morgan fingerprint density at radius 1 is 1.18 bits per heavy atom. The molecule has 0 spiro atoms. The standard InChI is InChI=1S/C21H23N3O3S/c1-2-12-27-17-10-8-16(9-11-17)23-19(25)13-18-20(26)24-21(28-18)22-14-15-6-4-3-5-7-15/h3-11,18H,2,12-14H2,1H3,(H,23,25)(H,22,24,26). The van der Waals surface area contributed by atoms with Gasteiger partial charge < -0.3 is 15.4 Å². The first-order chi connectivity index (χ1) is 13.6. The highest BCUT2D eigenvalue weighted by Gasteiger charge is 2.31. The summed E-state index contributed by atoms with van der Waals surface area (Å²) in [5.74, 6) is 0.374. The zero-order valence-electron chi connectivity index (χ0n) is 15.7. The van der Waals surface area contributed by atoms with Crippen molar-refractivity contribution in [1.82, 2.24) is 5.32 Å². The summed E-state index contributed by atoms with van der Waals surface area (Å²) in [5, 5.41) is 5.65. The van der Waals surface area contributed by atoms with Crippen LogP contribution in [0.1, 0.15) is 25.3 Å². The smallest absolute Gasteiger partial charge is 0.240 e. The topological polar surface area (TPSA) is 79.8 Å². The molecule has 146 valence electrons. The van der Waals surface area contributed by atoms with E-state index in [1.807, 2.05) is 49.4 Å². The molecule has 1 saturated heterocycles. The van der Waals surface area contributed by atoms with E-state index in [1.54, 1.807) is 12.1 Å². The van der Waals surface area contributed by atoms with Gasteiger partial charge in [-0.2, -0.15) is 0 Å². The van der Waals surface area contributed by atoms with Crippen LogP contribution in [-0.4, -0.2) is 28.8 Å². The van der Waals surface area contributed by atoms with Crippen LogP contribution in [0.3, 0.4) is 0 Å². The highest BCUT2D eigenvalue weighted by Crippen LogP contribution is 2.24. The SMILES string of the molecule is CCCOc1ccc(NC(=O)CC2SC(=NCc3ccccc3)NC2=O)cc1. The van der Waals surface area contributed by atoms with E-state index in [0.717, 1.165) is 17.7 Å². The molecule has 28 heavy (non-hydrogen) atoms. The summed E-state index contributed by atoms with van der Waals surface area (Å²) >= 11 is 1.30. The maximum atomic E-state index is 12.3. The highest BCUT2D eigenvalue weighted by atomic mass is 32.2. The summed E-state index contributed by atoms with van der Waals surface area (Å²) in [4.78, 5) is 28.8. The average molecular weight is 398 g/mol. The molecule has 1 aliphatic heterocycles. The zero-order chi connectivity index (χ0) is 19.8. The van der Waals surface area contributed by atoms with E-state index in [4.69, 9.17) is 4.74 Å². The number of benzene rings is 2. The van der Waals surface area contributed by atoms with Gasteiger partial charge in [0.2, 0.25) is 11.8 Å². The van der Waals surface area contributed by atoms with E-state index >= 15 is 0 Å². The third-order valence-corrected chi connectivity index (χ3v) is 5.13. The third kappa shape index (κ3) is 5.85. The Kier molecular flexibility index (Phi) is 7.08. The van der Waals surface area contributed by atoms with Crippen molar-refractivity contribution in [2.75, 3.05) is 11.9 Å². The Bertz CT molecular complexity index is 838. The van der Waals surface area contributed by atoms with Crippen molar-refractivity contribution in [3.63, 3.8) is 0 Å². The van der Waals surface area contributed by atoms with Gasteiger partial charge >= 0.3 is 0 Å². The minimum atomic E-state index is -0.471. The van der Waals surface area contributed by atoms with Crippen LogP contribution in [0.5, 0.6) is 5.75 Å². The maximum Gasteiger partial charge on any atom is 0.240 e. The van der Waals surface area contributed by atoms with Crippen LogP contribution in [0, 0.1) is 0 Å². The fourth-order valence-electron chi connectivity index (χ4n) is 2.60. The van der Waals surface area contributed by atoms with Crippen LogP contribution in [0.2, 0.25) is 0 Å². The van der Waals surface area contributed by atoms with Crippen molar-refractivity contribution in [2.45, 2.75) is 31.6 Å². The normalized spacial score (nSPS) is 17.4. The second-order valence-electron chi connectivity index (χ2n) is 6.33. The van der Waals surface area contributed by atoms with Crippen molar-refractivity contribution in [3.8, 4) is 5.75 Å². The van der Waals surface area contributed by atoms with Gasteiger partial charge in [0.1, 0.15) is 11.0 Å². The summed E-state index contributed by atoms with van der Waals surface area (Å²) < 4.78 is 5.52. The third-order valence-electron chi connectivity index (χ3n) is 4.01. The van der Waals surface area contributed by atoms with E-state index in [9.17, 15) is 9.59 Å². The molecule has 6 nitrogen and oxygen atoms in total. The summed E-state index contributed by atoms with van der Waals surface area (Å²) in [6.07, 6.45) is 1.03. The van der Waals surface area contributed by atoms with Gasteiger partial charge in [0.15, 0.2) is 5.17 Å². The Labute approximate surface area is 168 Å². The van der Waals surface area contributed by atoms with Crippen molar-refractivity contribution < 1.29 is 14.3 Å². The lowest BCUT2D eigenvalue weighted by Crippen LogP contribution is -2.28. The zero-order valence-corrected chi connectivity index (χ0v) is 16.5. The lowest BCUT2D eigenvalue weighted by Gasteiger charge is -2.09. The fourth-order valence-corrected chi connectivity index (χ4v) is 3.56. The van der Waals surface area contributed by atoms with Crippen molar-refractivity contribution in [3.05, 3.63) is 60.2 Å². The van der Waals surface area contributed by atoms with E-state index in [1.165, 1.54) is 11.8 Å². The molecule has 2 aromatic carbocycles. The number of anilines is 1. The highest BCUT2D eigenvalue weighted by molar-refractivity contribution is 8.15. The summed E-state index contributed by atoms with van der Waals surface area (Å²) in [7, 11) is 0. The predicted molar refractivity (Wildman–Crippen MR) is 113 cm³/mol. The van der Waals surface area contributed by atoms with Crippen LogP contribution in [0.15, 0.2) is 59.6 Å². The molecule has 0 saturated carbocycles. The molecule has 2 aromatic rings. The molecule has 1 atom stereocenters. The number of carbonyl (C=O) groups is 2. The van der Waals surface area contributed by atoms with Gasteiger partial charge in [-0.25, -0.2) is 0 Å². The largest absolute Gasteiger partial charge is 0.494 e. The fraction of sp³-hybridized carbons (Fsp3) is 0.286. The number of hydrogen-bond donors (Lipinski definition) is 2. The molecule has 2 amide bonds. The van der Waals surface area contributed by atoms with E-state index < -0.39 is 5.25 Å². The molecule has 0 bridgehead atoms. The van der Waals surface area contributed by atoms with Gasteiger partial charge in [0.25, 0.3) is 0 Å². The number of amidine groups is 1. The molecular weight excluding hydrogens is 374 g/mol.